The maximum Gasteiger partial charge on any atom is 0.407 e. The van der Waals surface area contributed by atoms with Crippen molar-refractivity contribution in [1.82, 2.24) is 10.2 Å². The quantitative estimate of drug-likeness (QED) is 0.867. The third-order valence-electron chi connectivity index (χ3n) is 3.70. The number of likely N-dealkylation sites (tertiary alicyclic amines) is 1. The molecule has 126 valence electrons. The predicted molar refractivity (Wildman–Crippen MR) is 89.7 cm³/mol. The lowest BCUT2D eigenvalue weighted by Gasteiger charge is -2.22. The summed E-state index contributed by atoms with van der Waals surface area (Å²) in [6.45, 7) is 9.37. The number of amides is 1. The van der Waals surface area contributed by atoms with Crippen LogP contribution in [0.4, 0.5) is 4.79 Å². The molecule has 0 saturated carbocycles. The van der Waals surface area contributed by atoms with E-state index >= 15 is 0 Å². The summed E-state index contributed by atoms with van der Waals surface area (Å²) in [6, 6.07) is 7.68. The second kappa shape index (κ2) is 7.13. The molecule has 1 amide bonds. The van der Waals surface area contributed by atoms with Crippen molar-refractivity contribution in [2.45, 2.75) is 45.8 Å². The Labute approximate surface area is 138 Å². The fraction of sp³-hybridized carbons (Fsp3) is 0.556. The van der Waals surface area contributed by atoms with Crippen molar-refractivity contribution in [3.63, 3.8) is 0 Å². The van der Waals surface area contributed by atoms with Gasteiger partial charge in [0, 0.05) is 24.7 Å². The zero-order chi connectivity index (χ0) is 17.0. The first-order valence-electron chi connectivity index (χ1n) is 8.05. The highest BCUT2D eigenvalue weighted by atomic mass is 16.6. The van der Waals surface area contributed by atoms with Crippen LogP contribution in [0.3, 0.4) is 0 Å². The van der Waals surface area contributed by atoms with E-state index in [0.29, 0.717) is 13.1 Å². The summed E-state index contributed by atoms with van der Waals surface area (Å²) in [5.41, 5.74) is 1.33. The molecule has 1 heterocycles. The van der Waals surface area contributed by atoms with Crippen LogP contribution in [0, 0.1) is 6.92 Å². The Balaban J connectivity index is 1.81. The fourth-order valence-electron chi connectivity index (χ4n) is 2.68. The van der Waals surface area contributed by atoms with E-state index in [1.807, 2.05) is 52.0 Å². The molecule has 1 aromatic carbocycles. The summed E-state index contributed by atoms with van der Waals surface area (Å²) < 4.78 is 5.26. The number of carbonyl (C=O) groups excluding carboxylic acids is 2. The zero-order valence-corrected chi connectivity index (χ0v) is 14.4. The smallest absolute Gasteiger partial charge is 0.407 e. The van der Waals surface area contributed by atoms with E-state index in [9.17, 15) is 9.59 Å². The standard InChI is InChI=1S/C18H26N2O3/c1-13-6-5-7-14(10-13)16(21)12-20-9-8-15(11-20)19-17(22)23-18(2,3)4/h5-7,10,15H,8-9,11-12H2,1-4H3,(H,19,22). The van der Waals surface area contributed by atoms with E-state index in [4.69, 9.17) is 4.74 Å². The van der Waals surface area contributed by atoms with Crippen LogP contribution in [-0.2, 0) is 4.74 Å². The van der Waals surface area contributed by atoms with Crippen LogP contribution >= 0.6 is 0 Å². The van der Waals surface area contributed by atoms with E-state index in [-0.39, 0.29) is 11.8 Å². The Kier molecular flexibility index (Phi) is 5.42. The van der Waals surface area contributed by atoms with Crippen LogP contribution in [0.1, 0.15) is 43.1 Å². The lowest BCUT2D eigenvalue weighted by atomic mass is 10.1. The molecule has 0 bridgehead atoms. The van der Waals surface area contributed by atoms with Crippen LogP contribution in [0.5, 0.6) is 0 Å². The summed E-state index contributed by atoms with van der Waals surface area (Å²) in [6.07, 6.45) is 0.440. The fourth-order valence-corrected chi connectivity index (χ4v) is 2.68. The summed E-state index contributed by atoms with van der Waals surface area (Å²) >= 11 is 0. The van der Waals surface area contributed by atoms with Gasteiger partial charge in [0.25, 0.3) is 0 Å². The van der Waals surface area contributed by atoms with E-state index in [1.165, 1.54) is 0 Å². The SMILES string of the molecule is Cc1cccc(C(=O)CN2CCC(NC(=O)OC(C)(C)C)C2)c1. The molecular formula is C18H26N2O3. The Hall–Kier alpha value is -1.88. The van der Waals surface area contributed by atoms with Crippen molar-refractivity contribution in [3.8, 4) is 0 Å². The number of ketones is 1. The molecule has 23 heavy (non-hydrogen) atoms. The van der Waals surface area contributed by atoms with Crippen LogP contribution < -0.4 is 5.32 Å². The highest BCUT2D eigenvalue weighted by molar-refractivity contribution is 5.97. The molecule has 1 N–H and O–H groups in total. The number of benzene rings is 1. The van der Waals surface area contributed by atoms with E-state index in [0.717, 1.165) is 24.1 Å². The Morgan fingerprint density at radius 1 is 1.35 bits per heavy atom. The number of Topliss-reactive ketones (excluding diaryl/α,β-unsaturated/α-hetero) is 1. The van der Waals surface area contributed by atoms with Crippen molar-refractivity contribution >= 4 is 11.9 Å². The van der Waals surface area contributed by atoms with Crippen molar-refractivity contribution < 1.29 is 14.3 Å². The van der Waals surface area contributed by atoms with Gasteiger partial charge in [-0.1, -0.05) is 23.8 Å². The van der Waals surface area contributed by atoms with Gasteiger partial charge in [-0.3, -0.25) is 9.69 Å². The number of hydrogen-bond donors (Lipinski definition) is 1. The van der Waals surface area contributed by atoms with Gasteiger partial charge >= 0.3 is 6.09 Å². The summed E-state index contributed by atoms with van der Waals surface area (Å²) in [5, 5.41) is 2.87. The molecule has 1 fully saturated rings. The third-order valence-corrected chi connectivity index (χ3v) is 3.70. The second-order valence-corrected chi connectivity index (χ2v) is 7.16. The highest BCUT2D eigenvalue weighted by Gasteiger charge is 2.27. The first-order valence-corrected chi connectivity index (χ1v) is 8.05. The Morgan fingerprint density at radius 3 is 2.74 bits per heavy atom. The molecule has 1 unspecified atom stereocenters. The first kappa shape index (κ1) is 17.5. The third kappa shape index (κ3) is 5.67. The van der Waals surface area contributed by atoms with Crippen molar-refractivity contribution in [2.24, 2.45) is 0 Å². The second-order valence-electron chi connectivity index (χ2n) is 7.16. The summed E-state index contributed by atoms with van der Waals surface area (Å²) in [5.74, 6) is 0.117. The lowest BCUT2D eigenvalue weighted by Crippen LogP contribution is -2.41. The number of ether oxygens (including phenoxy) is 1. The van der Waals surface area contributed by atoms with Crippen molar-refractivity contribution in [1.29, 1.82) is 0 Å². The van der Waals surface area contributed by atoms with Crippen molar-refractivity contribution in [2.75, 3.05) is 19.6 Å². The van der Waals surface area contributed by atoms with Crippen molar-refractivity contribution in [3.05, 3.63) is 35.4 Å². The van der Waals surface area contributed by atoms with E-state index < -0.39 is 11.7 Å². The van der Waals surface area contributed by atoms with Gasteiger partial charge in [-0.25, -0.2) is 4.79 Å². The molecule has 5 heteroatoms. The molecule has 1 aliphatic rings. The van der Waals surface area contributed by atoms with Gasteiger partial charge in [0.2, 0.25) is 0 Å². The molecule has 0 aromatic heterocycles. The number of carbonyl (C=O) groups is 2. The number of aryl methyl sites for hydroxylation is 1. The van der Waals surface area contributed by atoms with Gasteiger partial charge in [0.1, 0.15) is 5.60 Å². The molecule has 1 atom stereocenters. The molecule has 0 radical (unpaired) electrons. The van der Waals surface area contributed by atoms with Crippen LogP contribution in [0.15, 0.2) is 24.3 Å². The number of rotatable bonds is 4. The minimum atomic E-state index is -0.497. The summed E-state index contributed by atoms with van der Waals surface area (Å²) in [4.78, 5) is 26.2. The molecule has 2 rings (SSSR count). The van der Waals surface area contributed by atoms with E-state index in [2.05, 4.69) is 10.2 Å². The topological polar surface area (TPSA) is 58.6 Å². The van der Waals surface area contributed by atoms with Gasteiger partial charge in [0.05, 0.1) is 6.54 Å². The van der Waals surface area contributed by atoms with Gasteiger partial charge in [0.15, 0.2) is 5.78 Å². The molecular weight excluding hydrogens is 292 g/mol. The monoisotopic (exact) mass is 318 g/mol. The minimum Gasteiger partial charge on any atom is -0.444 e. The highest BCUT2D eigenvalue weighted by Crippen LogP contribution is 2.13. The molecule has 0 aliphatic carbocycles. The molecule has 1 aromatic rings. The average molecular weight is 318 g/mol. The molecule has 5 nitrogen and oxygen atoms in total. The van der Waals surface area contributed by atoms with E-state index in [1.54, 1.807) is 0 Å². The lowest BCUT2D eigenvalue weighted by molar-refractivity contribution is 0.0506. The largest absolute Gasteiger partial charge is 0.444 e. The first-order chi connectivity index (χ1) is 10.7. The zero-order valence-electron chi connectivity index (χ0n) is 14.4. The number of alkyl carbamates (subject to hydrolysis) is 1. The Morgan fingerprint density at radius 2 is 2.09 bits per heavy atom. The van der Waals surface area contributed by atoms with Gasteiger partial charge in [-0.15, -0.1) is 0 Å². The maximum absolute atomic E-state index is 12.3. The number of nitrogens with one attached hydrogen (secondary N) is 1. The van der Waals surface area contributed by atoms with Gasteiger partial charge in [-0.2, -0.15) is 0 Å². The number of nitrogens with zero attached hydrogens (tertiary/aromatic N) is 1. The summed E-state index contributed by atoms with van der Waals surface area (Å²) in [7, 11) is 0. The van der Waals surface area contributed by atoms with Gasteiger partial charge in [-0.05, 0) is 40.2 Å². The Bertz CT molecular complexity index is 578. The molecule has 1 saturated heterocycles. The van der Waals surface area contributed by atoms with Crippen LogP contribution in [-0.4, -0.2) is 48.1 Å². The molecule has 0 spiro atoms. The van der Waals surface area contributed by atoms with Crippen LogP contribution in [0.2, 0.25) is 0 Å². The van der Waals surface area contributed by atoms with Crippen LogP contribution in [0.25, 0.3) is 0 Å². The van der Waals surface area contributed by atoms with Gasteiger partial charge < -0.3 is 10.1 Å². The average Bonchev–Trinajstić information content (AvgIpc) is 2.83. The maximum atomic E-state index is 12.3. The normalized spacial score (nSPS) is 18.7. The number of hydrogen-bond acceptors (Lipinski definition) is 4. The minimum absolute atomic E-state index is 0.0372. The predicted octanol–water partition coefficient (Wildman–Crippen LogP) is 2.78. The molecule has 1 aliphatic heterocycles.